The summed E-state index contributed by atoms with van der Waals surface area (Å²) in [6.07, 6.45) is 3.32. The number of esters is 1. The van der Waals surface area contributed by atoms with Crippen LogP contribution in [0, 0.1) is 0 Å². The van der Waals surface area contributed by atoms with Crippen molar-refractivity contribution < 1.29 is 23.8 Å². The Hall–Kier alpha value is -3.71. The molecule has 0 saturated heterocycles. The minimum Gasteiger partial charge on any atom is -0.497 e. The molecule has 1 heterocycles. The molecule has 6 nitrogen and oxygen atoms in total. The highest BCUT2D eigenvalue weighted by molar-refractivity contribution is 8.09. The van der Waals surface area contributed by atoms with Crippen LogP contribution in [0.2, 0.25) is 0 Å². The minimum atomic E-state index is -0.201. The summed E-state index contributed by atoms with van der Waals surface area (Å²) in [5.41, 5.74) is 4.00. The van der Waals surface area contributed by atoms with E-state index in [1.54, 1.807) is 32.0 Å². The second-order valence-electron chi connectivity index (χ2n) is 8.01. The molecule has 180 valence electrons. The first kappa shape index (κ1) is 24.4. The minimum absolute atomic E-state index is 0.174. The summed E-state index contributed by atoms with van der Waals surface area (Å²) in [4.78, 5) is 25.7. The van der Waals surface area contributed by atoms with E-state index < -0.39 is 0 Å². The largest absolute Gasteiger partial charge is 0.497 e. The third-order valence-corrected chi connectivity index (χ3v) is 7.08. The third-order valence-electron chi connectivity index (χ3n) is 5.73. The fourth-order valence-corrected chi connectivity index (χ4v) is 5.14. The lowest BCUT2D eigenvalue weighted by Gasteiger charge is -2.12. The predicted molar refractivity (Wildman–Crippen MR) is 140 cm³/mol. The van der Waals surface area contributed by atoms with Gasteiger partial charge in [0.15, 0.2) is 0 Å². The predicted octanol–water partition coefficient (Wildman–Crippen LogP) is 6.03. The molecular weight excluding hydrogens is 462 g/mol. The quantitative estimate of drug-likeness (QED) is 0.389. The van der Waals surface area contributed by atoms with E-state index in [1.807, 2.05) is 60.7 Å². The van der Waals surface area contributed by atoms with Gasteiger partial charge in [0.2, 0.25) is 0 Å². The van der Waals surface area contributed by atoms with Crippen molar-refractivity contribution in [2.75, 3.05) is 26.6 Å². The molecule has 1 N–H and O–H groups in total. The van der Waals surface area contributed by atoms with Crippen molar-refractivity contribution in [2.45, 2.75) is 18.1 Å². The number of methoxy groups -OCH3 is 3. The van der Waals surface area contributed by atoms with Crippen LogP contribution in [0.5, 0.6) is 11.5 Å². The number of thioether (sulfide) groups is 1. The third kappa shape index (κ3) is 5.87. The second-order valence-corrected chi connectivity index (χ2v) is 9.35. The number of rotatable bonds is 8. The molecule has 0 saturated carbocycles. The zero-order chi connectivity index (χ0) is 24.8. The standard InChI is InChI=1S/C28H27NO5S/c1-32-22-10-12-24(25(16-22)33-2)18-6-4-8-20(14-18)28(31)29-21-9-5-7-19(15-21)26-13-11-23(35-26)17-27(30)34-3/h4-10,12-16,23H,11,17H2,1-3H3,(H,29,31). The fraction of sp³-hybridized carbons (Fsp3) is 0.214. The van der Waals surface area contributed by atoms with Crippen molar-refractivity contribution in [1.29, 1.82) is 0 Å². The van der Waals surface area contributed by atoms with Crippen LogP contribution in [0.3, 0.4) is 0 Å². The average Bonchev–Trinajstić information content (AvgIpc) is 3.36. The molecule has 0 fully saturated rings. The summed E-state index contributed by atoms with van der Waals surface area (Å²) in [7, 11) is 4.63. The van der Waals surface area contributed by atoms with Crippen molar-refractivity contribution in [3.63, 3.8) is 0 Å². The Balaban J connectivity index is 1.48. The smallest absolute Gasteiger partial charge is 0.306 e. The molecule has 1 amide bonds. The van der Waals surface area contributed by atoms with Crippen LogP contribution in [0.25, 0.3) is 16.0 Å². The maximum absolute atomic E-state index is 13.1. The van der Waals surface area contributed by atoms with Gasteiger partial charge in [-0.15, -0.1) is 11.8 Å². The Kier molecular flexibility index (Phi) is 7.77. The van der Waals surface area contributed by atoms with E-state index in [2.05, 4.69) is 11.4 Å². The number of hydrogen-bond donors (Lipinski definition) is 1. The maximum atomic E-state index is 13.1. The zero-order valence-electron chi connectivity index (χ0n) is 19.9. The summed E-state index contributed by atoms with van der Waals surface area (Å²) < 4.78 is 15.6. The van der Waals surface area contributed by atoms with Crippen LogP contribution in [0.4, 0.5) is 5.69 Å². The zero-order valence-corrected chi connectivity index (χ0v) is 20.7. The van der Waals surface area contributed by atoms with Crippen molar-refractivity contribution >= 4 is 34.2 Å². The van der Waals surface area contributed by atoms with Crippen molar-refractivity contribution in [1.82, 2.24) is 0 Å². The Morgan fingerprint density at radius 1 is 0.943 bits per heavy atom. The van der Waals surface area contributed by atoms with E-state index in [4.69, 9.17) is 14.2 Å². The Bertz CT molecular complexity index is 1270. The summed E-state index contributed by atoms with van der Waals surface area (Å²) >= 11 is 1.66. The number of anilines is 1. The van der Waals surface area contributed by atoms with Crippen LogP contribution in [0.1, 0.15) is 28.8 Å². The van der Waals surface area contributed by atoms with Gasteiger partial charge in [-0.05, 0) is 53.9 Å². The van der Waals surface area contributed by atoms with Crippen LogP contribution in [-0.2, 0) is 9.53 Å². The first-order valence-corrected chi connectivity index (χ1v) is 12.1. The van der Waals surface area contributed by atoms with E-state index in [-0.39, 0.29) is 17.1 Å². The van der Waals surface area contributed by atoms with Gasteiger partial charge in [-0.2, -0.15) is 0 Å². The molecule has 0 spiro atoms. The van der Waals surface area contributed by atoms with Gasteiger partial charge in [0, 0.05) is 33.0 Å². The average molecular weight is 490 g/mol. The molecular formula is C28H27NO5S. The lowest BCUT2D eigenvalue weighted by atomic mass is 10.0. The summed E-state index contributed by atoms with van der Waals surface area (Å²) in [6.45, 7) is 0. The van der Waals surface area contributed by atoms with Crippen molar-refractivity contribution in [3.8, 4) is 22.6 Å². The highest BCUT2D eigenvalue weighted by Crippen LogP contribution is 2.41. The molecule has 0 aromatic heterocycles. The Labute approximate surface area is 209 Å². The van der Waals surface area contributed by atoms with Crippen molar-refractivity contribution in [2.24, 2.45) is 0 Å². The number of carbonyl (C=O) groups is 2. The van der Waals surface area contributed by atoms with Gasteiger partial charge < -0.3 is 19.5 Å². The van der Waals surface area contributed by atoms with Crippen LogP contribution in [0.15, 0.2) is 72.8 Å². The number of amides is 1. The molecule has 3 aromatic carbocycles. The van der Waals surface area contributed by atoms with E-state index in [0.717, 1.165) is 28.0 Å². The van der Waals surface area contributed by atoms with Gasteiger partial charge in [0.05, 0.1) is 27.8 Å². The normalized spacial score (nSPS) is 14.7. The van der Waals surface area contributed by atoms with Gasteiger partial charge in [0.1, 0.15) is 11.5 Å². The highest BCUT2D eigenvalue weighted by Gasteiger charge is 2.22. The first-order chi connectivity index (χ1) is 17.0. The van der Waals surface area contributed by atoms with Gasteiger partial charge in [0.25, 0.3) is 5.91 Å². The molecule has 1 unspecified atom stereocenters. The lowest BCUT2D eigenvalue weighted by Crippen LogP contribution is -2.12. The van der Waals surface area contributed by atoms with E-state index in [1.165, 1.54) is 7.11 Å². The van der Waals surface area contributed by atoms with E-state index in [9.17, 15) is 9.59 Å². The van der Waals surface area contributed by atoms with Crippen LogP contribution >= 0.6 is 11.8 Å². The molecule has 7 heteroatoms. The van der Waals surface area contributed by atoms with Crippen molar-refractivity contribution in [3.05, 3.63) is 83.9 Å². The Morgan fingerprint density at radius 3 is 2.51 bits per heavy atom. The molecule has 3 aromatic rings. The maximum Gasteiger partial charge on any atom is 0.306 e. The van der Waals surface area contributed by atoms with Gasteiger partial charge in [-0.1, -0.05) is 30.3 Å². The molecule has 1 aliphatic heterocycles. The SMILES string of the molecule is COC(=O)CC1CC=C(c2cccc(NC(=O)c3cccc(-c4ccc(OC)cc4OC)c3)c2)S1. The number of nitrogens with one attached hydrogen (secondary N) is 1. The van der Waals surface area contributed by atoms with E-state index in [0.29, 0.717) is 29.2 Å². The Morgan fingerprint density at radius 2 is 1.74 bits per heavy atom. The van der Waals surface area contributed by atoms with Crippen LogP contribution in [-0.4, -0.2) is 38.5 Å². The number of allylic oxidation sites excluding steroid dienone is 1. The number of carbonyl (C=O) groups excluding carboxylic acids is 2. The second kappa shape index (κ2) is 11.1. The van der Waals surface area contributed by atoms with Gasteiger partial charge >= 0.3 is 5.97 Å². The first-order valence-electron chi connectivity index (χ1n) is 11.2. The summed E-state index contributed by atoms with van der Waals surface area (Å²) in [5, 5.41) is 3.17. The fourth-order valence-electron chi connectivity index (χ4n) is 3.91. The summed E-state index contributed by atoms with van der Waals surface area (Å²) in [6, 6.07) is 20.8. The van der Waals surface area contributed by atoms with Gasteiger partial charge in [-0.25, -0.2) is 0 Å². The molecule has 1 atom stereocenters. The molecule has 35 heavy (non-hydrogen) atoms. The molecule has 4 rings (SSSR count). The van der Waals surface area contributed by atoms with Gasteiger partial charge in [-0.3, -0.25) is 9.59 Å². The van der Waals surface area contributed by atoms with E-state index >= 15 is 0 Å². The van der Waals surface area contributed by atoms with Crippen LogP contribution < -0.4 is 14.8 Å². The molecule has 0 bridgehead atoms. The number of ether oxygens (including phenoxy) is 3. The molecule has 0 aliphatic carbocycles. The number of hydrogen-bond acceptors (Lipinski definition) is 6. The monoisotopic (exact) mass is 489 g/mol. The highest BCUT2D eigenvalue weighted by atomic mass is 32.2. The molecule has 1 aliphatic rings. The lowest BCUT2D eigenvalue weighted by molar-refractivity contribution is -0.140. The topological polar surface area (TPSA) is 73.9 Å². The molecule has 0 radical (unpaired) electrons. The number of benzene rings is 3. The summed E-state index contributed by atoms with van der Waals surface area (Å²) in [5.74, 6) is 0.967.